The highest BCUT2D eigenvalue weighted by Crippen LogP contribution is 2.41. The standard InChI is InChI=1S/C23H20N2O5/c1-14-8-9-18(30-14)20-19(21(26)16-6-3-7-17(11-16)29-2)22(27)23(28)25(20)13-15-5-4-10-24-12-15/h3-12,20,26H,13H2,1-2H3/b21-19+. The van der Waals surface area contributed by atoms with Crippen LogP contribution in [-0.2, 0) is 16.1 Å². The number of hydrogen-bond acceptors (Lipinski definition) is 6. The van der Waals surface area contributed by atoms with Gasteiger partial charge in [0, 0.05) is 24.5 Å². The fraction of sp³-hybridized carbons (Fsp3) is 0.174. The van der Waals surface area contributed by atoms with E-state index in [1.807, 2.05) is 6.07 Å². The zero-order chi connectivity index (χ0) is 21.3. The third kappa shape index (κ3) is 3.45. The van der Waals surface area contributed by atoms with Crippen molar-refractivity contribution in [2.24, 2.45) is 0 Å². The van der Waals surface area contributed by atoms with Gasteiger partial charge in [-0.25, -0.2) is 0 Å². The molecule has 152 valence electrons. The Labute approximate surface area is 173 Å². The van der Waals surface area contributed by atoms with Crippen molar-refractivity contribution in [3.05, 3.63) is 89.1 Å². The van der Waals surface area contributed by atoms with E-state index in [0.29, 0.717) is 22.8 Å². The van der Waals surface area contributed by atoms with Crippen molar-refractivity contribution in [2.75, 3.05) is 7.11 Å². The number of aromatic nitrogens is 1. The number of ketones is 1. The van der Waals surface area contributed by atoms with Gasteiger partial charge in [-0.15, -0.1) is 0 Å². The van der Waals surface area contributed by atoms with Gasteiger partial charge in [0.15, 0.2) is 0 Å². The van der Waals surface area contributed by atoms with Gasteiger partial charge in [0.05, 0.1) is 12.7 Å². The Bertz CT molecular complexity index is 1130. The molecule has 1 aromatic carbocycles. The molecule has 1 N–H and O–H groups in total. The number of pyridine rings is 1. The number of nitrogens with zero attached hydrogens (tertiary/aromatic N) is 2. The minimum atomic E-state index is -0.856. The number of aliphatic hydroxyl groups is 1. The van der Waals surface area contributed by atoms with E-state index in [2.05, 4.69) is 4.98 Å². The summed E-state index contributed by atoms with van der Waals surface area (Å²) in [6, 6.07) is 12.9. The van der Waals surface area contributed by atoms with E-state index in [9.17, 15) is 14.7 Å². The van der Waals surface area contributed by atoms with Crippen LogP contribution in [0.15, 0.2) is 70.9 Å². The average molecular weight is 404 g/mol. The predicted octanol–water partition coefficient (Wildman–Crippen LogP) is 3.61. The van der Waals surface area contributed by atoms with Crippen LogP contribution in [0.5, 0.6) is 5.75 Å². The molecule has 30 heavy (non-hydrogen) atoms. The third-order valence-electron chi connectivity index (χ3n) is 4.99. The molecular formula is C23H20N2O5. The number of benzene rings is 1. The second-order valence-electron chi connectivity index (χ2n) is 6.97. The van der Waals surface area contributed by atoms with Crippen molar-refractivity contribution in [2.45, 2.75) is 19.5 Å². The number of hydrogen-bond donors (Lipinski definition) is 1. The molecule has 1 aliphatic rings. The minimum Gasteiger partial charge on any atom is -0.507 e. The van der Waals surface area contributed by atoms with Crippen LogP contribution in [0.3, 0.4) is 0 Å². The Hall–Kier alpha value is -3.87. The highest BCUT2D eigenvalue weighted by molar-refractivity contribution is 6.46. The Morgan fingerprint density at radius 1 is 1.20 bits per heavy atom. The van der Waals surface area contributed by atoms with Crippen molar-refractivity contribution < 1.29 is 23.8 Å². The Kier molecular flexibility index (Phi) is 5.10. The molecule has 7 nitrogen and oxygen atoms in total. The van der Waals surface area contributed by atoms with Gasteiger partial charge in [0.25, 0.3) is 11.7 Å². The van der Waals surface area contributed by atoms with E-state index in [0.717, 1.165) is 5.56 Å². The highest BCUT2D eigenvalue weighted by atomic mass is 16.5. The smallest absolute Gasteiger partial charge is 0.296 e. The molecular weight excluding hydrogens is 384 g/mol. The average Bonchev–Trinajstić information content (AvgIpc) is 3.30. The van der Waals surface area contributed by atoms with Crippen LogP contribution >= 0.6 is 0 Å². The number of aryl methyl sites for hydroxylation is 1. The first-order valence-corrected chi connectivity index (χ1v) is 9.37. The zero-order valence-electron chi connectivity index (χ0n) is 16.5. The van der Waals surface area contributed by atoms with Crippen molar-refractivity contribution in [1.29, 1.82) is 0 Å². The van der Waals surface area contributed by atoms with E-state index in [-0.39, 0.29) is 17.9 Å². The van der Waals surface area contributed by atoms with Crippen LogP contribution in [0.25, 0.3) is 5.76 Å². The lowest BCUT2D eigenvalue weighted by Gasteiger charge is -2.23. The summed E-state index contributed by atoms with van der Waals surface area (Å²) in [4.78, 5) is 31.3. The van der Waals surface area contributed by atoms with Gasteiger partial charge in [-0.3, -0.25) is 14.6 Å². The fourth-order valence-electron chi connectivity index (χ4n) is 3.55. The summed E-state index contributed by atoms with van der Waals surface area (Å²) in [5.41, 5.74) is 1.11. The number of Topliss-reactive ketones (excluding diaryl/α,β-unsaturated/α-hetero) is 1. The Morgan fingerprint density at radius 2 is 2.03 bits per heavy atom. The largest absolute Gasteiger partial charge is 0.507 e. The maximum absolute atomic E-state index is 13.0. The number of furan rings is 1. The van der Waals surface area contributed by atoms with Crippen LogP contribution in [0.2, 0.25) is 0 Å². The molecule has 0 bridgehead atoms. The van der Waals surface area contributed by atoms with Crippen molar-refractivity contribution in [3.8, 4) is 5.75 Å². The summed E-state index contributed by atoms with van der Waals surface area (Å²) >= 11 is 0. The normalized spacial score (nSPS) is 18.1. The molecule has 1 unspecified atom stereocenters. The monoisotopic (exact) mass is 404 g/mol. The lowest BCUT2D eigenvalue weighted by molar-refractivity contribution is -0.140. The molecule has 2 aromatic heterocycles. The number of rotatable bonds is 5. The highest BCUT2D eigenvalue weighted by Gasteiger charge is 2.47. The predicted molar refractivity (Wildman–Crippen MR) is 109 cm³/mol. The number of aliphatic hydroxyl groups excluding tert-OH is 1. The Morgan fingerprint density at radius 3 is 2.70 bits per heavy atom. The van der Waals surface area contributed by atoms with Gasteiger partial charge in [-0.05, 0) is 42.8 Å². The molecule has 0 aliphatic carbocycles. The quantitative estimate of drug-likeness (QED) is 0.397. The summed E-state index contributed by atoms with van der Waals surface area (Å²) in [5.74, 6) is -0.187. The molecule has 3 aromatic rings. The Balaban J connectivity index is 1.85. The van der Waals surface area contributed by atoms with Crippen molar-refractivity contribution >= 4 is 17.4 Å². The van der Waals surface area contributed by atoms with E-state index in [1.54, 1.807) is 61.8 Å². The van der Waals surface area contributed by atoms with Gasteiger partial charge < -0.3 is 19.2 Å². The number of amides is 1. The maximum Gasteiger partial charge on any atom is 0.296 e. The van der Waals surface area contributed by atoms with E-state index in [1.165, 1.54) is 12.0 Å². The van der Waals surface area contributed by atoms with Gasteiger partial charge in [-0.2, -0.15) is 0 Å². The first-order chi connectivity index (χ1) is 14.5. The summed E-state index contributed by atoms with van der Waals surface area (Å²) in [7, 11) is 1.51. The number of likely N-dealkylation sites (tertiary alicyclic amines) is 1. The van der Waals surface area contributed by atoms with Crippen LogP contribution in [0.4, 0.5) is 0 Å². The minimum absolute atomic E-state index is 0.0218. The molecule has 7 heteroatoms. The van der Waals surface area contributed by atoms with Crippen LogP contribution in [-0.4, -0.2) is 33.8 Å². The van der Waals surface area contributed by atoms with Crippen molar-refractivity contribution in [3.63, 3.8) is 0 Å². The van der Waals surface area contributed by atoms with Gasteiger partial charge in [0.1, 0.15) is 29.1 Å². The topological polar surface area (TPSA) is 92.9 Å². The van der Waals surface area contributed by atoms with Gasteiger partial charge >= 0.3 is 0 Å². The van der Waals surface area contributed by atoms with Crippen molar-refractivity contribution in [1.82, 2.24) is 9.88 Å². The van der Waals surface area contributed by atoms with Gasteiger partial charge in [0.2, 0.25) is 0 Å². The fourth-order valence-corrected chi connectivity index (χ4v) is 3.55. The zero-order valence-corrected chi connectivity index (χ0v) is 16.5. The third-order valence-corrected chi connectivity index (χ3v) is 4.99. The van der Waals surface area contributed by atoms with E-state index < -0.39 is 17.7 Å². The molecule has 1 fully saturated rings. The van der Waals surface area contributed by atoms with E-state index >= 15 is 0 Å². The molecule has 1 saturated heterocycles. The van der Waals surface area contributed by atoms with Crippen LogP contribution in [0, 0.1) is 6.92 Å². The SMILES string of the molecule is COc1cccc(/C(O)=C2\C(=O)C(=O)N(Cc3cccnc3)C2c2ccc(C)o2)c1. The molecule has 0 radical (unpaired) electrons. The van der Waals surface area contributed by atoms with Crippen LogP contribution in [0.1, 0.15) is 28.7 Å². The lowest BCUT2D eigenvalue weighted by Crippen LogP contribution is -2.29. The number of carbonyl (C=O) groups is 2. The summed E-state index contributed by atoms with van der Waals surface area (Å²) in [6.07, 6.45) is 3.26. The first kappa shape index (κ1) is 19.4. The summed E-state index contributed by atoms with van der Waals surface area (Å²) < 4.78 is 11.0. The molecule has 1 amide bonds. The van der Waals surface area contributed by atoms with Crippen LogP contribution < -0.4 is 4.74 Å². The molecule has 3 heterocycles. The summed E-state index contributed by atoms with van der Waals surface area (Å²) in [5, 5.41) is 11.0. The molecule has 1 atom stereocenters. The lowest BCUT2D eigenvalue weighted by atomic mass is 9.99. The maximum atomic E-state index is 13.0. The number of ether oxygens (including phenoxy) is 1. The first-order valence-electron chi connectivity index (χ1n) is 9.37. The molecule has 1 aliphatic heterocycles. The molecule has 0 saturated carbocycles. The van der Waals surface area contributed by atoms with E-state index in [4.69, 9.17) is 9.15 Å². The summed E-state index contributed by atoms with van der Waals surface area (Å²) in [6.45, 7) is 1.93. The number of methoxy groups -OCH3 is 1. The molecule has 4 rings (SSSR count). The van der Waals surface area contributed by atoms with Gasteiger partial charge in [-0.1, -0.05) is 18.2 Å². The molecule has 0 spiro atoms. The second-order valence-corrected chi connectivity index (χ2v) is 6.97. The second kappa shape index (κ2) is 7.87. The number of carbonyl (C=O) groups excluding carboxylic acids is 2.